The van der Waals surface area contributed by atoms with Gasteiger partial charge in [-0.25, -0.2) is 4.79 Å². The van der Waals surface area contributed by atoms with Crippen LogP contribution in [0.3, 0.4) is 0 Å². The van der Waals surface area contributed by atoms with Gasteiger partial charge in [0.25, 0.3) is 0 Å². The molecule has 0 aromatic rings. The SMILES string of the molecule is CCCCCCCCCCCC(=O)OC(=O)[C@@H](N)CCC(N)=O.[Na]. The molecule has 135 valence electrons. The molecule has 0 aliphatic rings. The second-order valence-electron chi connectivity index (χ2n) is 5.98. The van der Waals surface area contributed by atoms with Gasteiger partial charge in [0.05, 0.1) is 0 Å². The van der Waals surface area contributed by atoms with E-state index in [1.54, 1.807) is 0 Å². The number of unbranched alkanes of at least 4 members (excludes halogenated alkanes) is 8. The van der Waals surface area contributed by atoms with Crippen molar-refractivity contribution in [1.29, 1.82) is 0 Å². The minimum absolute atomic E-state index is 0. The summed E-state index contributed by atoms with van der Waals surface area (Å²) in [4.78, 5) is 33.6. The third kappa shape index (κ3) is 16.4. The molecule has 6 nitrogen and oxygen atoms in total. The van der Waals surface area contributed by atoms with Gasteiger partial charge in [-0.3, -0.25) is 9.59 Å². The Morgan fingerprint density at radius 2 is 1.38 bits per heavy atom. The Hall–Kier alpha value is -0.430. The van der Waals surface area contributed by atoms with Gasteiger partial charge in [0, 0.05) is 42.4 Å². The van der Waals surface area contributed by atoms with Crippen LogP contribution in [0.4, 0.5) is 0 Å². The van der Waals surface area contributed by atoms with Crippen molar-refractivity contribution in [2.45, 2.75) is 90.0 Å². The first-order chi connectivity index (χ1) is 11.0. The average Bonchev–Trinajstić information content (AvgIpc) is 2.50. The summed E-state index contributed by atoms with van der Waals surface area (Å²) in [6.45, 7) is 2.20. The molecule has 7 heteroatoms. The molecule has 0 bridgehead atoms. The number of nitrogens with two attached hydrogens (primary N) is 2. The van der Waals surface area contributed by atoms with Crippen LogP contribution < -0.4 is 11.5 Å². The second kappa shape index (κ2) is 17.4. The zero-order chi connectivity index (χ0) is 17.5. The largest absolute Gasteiger partial charge is 0.392 e. The molecule has 0 saturated heterocycles. The minimum atomic E-state index is -0.977. The number of primary amides is 1. The summed E-state index contributed by atoms with van der Waals surface area (Å²) in [6, 6.07) is -0.977. The van der Waals surface area contributed by atoms with Crippen LogP contribution in [0.5, 0.6) is 0 Å². The van der Waals surface area contributed by atoms with Crippen LogP contribution in [0.15, 0.2) is 0 Å². The summed E-state index contributed by atoms with van der Waals surface area (Å²) in [5.41, 5.74) is 10.5. The Labute approximate surface area is 167 Å². The number of ether oxygens (including phenoxy) is 1. The maximum Gasteiger partial charge on any atom is 0.330 e. The Balaban J connectivity index is 0. The fraction of sp³-hybridized carbons (Fsp3) is 0.824. The molecule has 0 heterocycles. The maximum absolute atomic E-state index is 11.5. The first kappa shape index (κ1) is 25.8. The first-order valence-electron chi connectivity index (χ1n) is 8.75. The first-order valence-corrected chi connectivity index (χ1v) is 8.75. The topological polar surface area (TPSA) is 112 Å². The molecule has 0 aliphatic heterocycles. The molecule has 0 unspecified atom stereocenters. The zero-order valence-corrected chi connectivity index (χ0v) is 17.4. The summed E-state index contributed by atoms with van der Waals surface area (Å²) >= 11 is 0. The normalized spacial score (nSPS) is 11.4. The molecule has 0 aromatic carbocycles. The van der Waals surface area contributed by atoms with Crippen LogP contribution in [-0.2, 0) is 19.1 Å². The van der Waals surface area contributed by atoms with Crippen LogP contribution in [-0.4, -0.2) is 53.4 Å². The molecular weight excluding hydrogens is 319 g/mol. The van der Waals surface area contributed by atoms with Crippen molar-refractivity contribution < 1.29 is 19.1 Å². The molecule has 0 aromatic heterocycles. The molecule has 0 spiro atoms. The van der Waals surface area contributed by atoms with Crippen molar-refractivity contribution in [2.75, 3.05) is 0 Å². The summed E-state index contributed by atoms with van der Waals surface area (Å²) in [5.74, 6) is -1.87. The van der Waals surface area contributed by atoms with Crippen molar-refractivity contribution in [3.05, 3.63) is 0 Å². The Morgan fingerprint density at radius 3 is 1.88 bits per heavy atom. The molecule has 24 heavy (non-hydrogen) atoms. The third-order valence-electron chi connectivity index (χ3n) is 3.70. The van der Waals surface area contributed by atoms with Crippen molar-refractivity contribution in [2.24, 2.45) is 11.5 Å². The van der Waals surface area contributed by atoms with E-state index in [1.165, 1.54) is 38.5 Å². The van der Waals surface area contributed by atoms with Gasteiger partial charge in [-0.1, -0.05) is 58.3 Å². The van der Waals surface area contributed by atoms with Crippen LogP contribution in [0.25, 0.3) is 0 Å². The molecule has 0 saturated carbocycles. The van der Waals surface area contributed by atoms with E-state index in [9.17, 15) is 14.4 Å². The number of hydrogen-bond acceptors (Lipinski definition) is 5. The van der Waals surface area contributed by atoms with E-state index >= 15 is 0 Å². The van der Waals surface area contributed by atoms with Crippen molar-refractivity contribution in [1.82, 2.24) is 0 Å². The van der Waals surface area contributed by atoms with E-state index in [0.29, 0.717) is 0 Å². The standard InChI is InChI=1S/C17H32N2O4.Na/c1-2-3-4-5-6-7-8-9-10-11-16(21)23-17(22)14(18)12-13-15(19)20;/h14H,2-13,18H2,1H3,(H2,19,20);/t14-;/m0./s1. The van der Waals surface area contributed by atoms with E-state index in [0.717, 1.165) is 19.3 Å². The number of carbonyl (C=O) groups is 3. The number of amides is 1. The summed E-state index contributed by atoms with van der Waals surface area (Å²) in [6.07, 6.45) is 10.7. The van der Waals surface area contributed by atoms with E-state index in [2.05, 4.69) is 11.7 Å². The molecule has 0 rings (SSSR count). The van der Waals surface area contributed by atoms with Gasteiger partial charge in [-0.05, 0) is 12.8 Å². The zero-order valence-electron chi connectivity index (χ0n) is 15.4. The monoisotopic (exact) mass is 351 g/mol. The van der Waals surface area contributed by atoms with Gasteiger partial charge < -0.3 is 16.2 Å². The van der Waals surface area contributed by atoms with Gasteiger partial charge in [0.15, 0.2) is 0 Å². The molecule has 0 fully saturated rings. The van der Waals surface area contributed by atoms with E-state index in [1.807, 2.05) is 0 Å². The number of rotatable bonds is 14. The number of carbonyl (C=O) groups excluding carboxylic acids is 3. The smallest absolute Gasteiger partial charge is 0.330 e. The molecule has 1 radical (unpaired) electrons. The summed E-state index contributed by atoms with van der Waals surface area (Å²) in [7, 11) is 0. The predicted molar refractivity (Wildman–Crippen MR) is 95.1 cm³/mol. The Kier molecular flexibility index (Phi) is 18.7. The average molecular weight is 351 g/mol. The minimum Gasteiger partial charge on any atom is -0.392 e. The molecule has 4 N–H and O–H groups in total. The van der Waals surface area contributed by atoms with E-state index < -0.39 is 23.9 Å². The van der Waals surface area contributed by atoms with Gasteiger partial charge >= 0.3 is 11.9 Å². The van der Waals surface area contributed by atoms with E-state index in [4.69, 9.17) is 11.5 Å². The Bertz CT molecular complexity index is 364. The molecule has 1 atom stereocenters. The fourth-order valence-electron chi connectivity index (χ4n) is 2.23. The van der Waals surface area contributed by atoms with Crippen molar-refractivity contribution in [3.8, 4) is 0 Å². The molecule has 0 aliphatic carbocycles. The van der Waals surface area contributed by atoms with Gasteiger partial charge in [0.1, 0.15) is 6.04 Å². The number of esters is 2. The second-order valence-corrected chi connectivity index (χ2v) is 5.98. The van der Waals surface area contributed by atoms with E-state index in [-0.39, 0.29) is 48.8 Å². The summed E-state index contributed by atoms with van der Waals surface area (Å²) < 4.78 is 4.66. The number of hydrogen-bond donors (Lipinski definition) is 2. The van der Waals surface area contributed by atoms with Crippen LogP contribution in [0.1, 0.15) is 84.0 Å². The van der Waals surface area contributed by atoms with Crippen molar-refractivity contribution in [3.63, 3.8) is 0 Å². The fourth-order valence-corrected chi connectivity index (χ4v) is 2.23. The third-order valence-corrected chi connectivity index (χ3v) is 3.70. The predicted octanol–water partition coefficient (Wildman–Crippen LogP) is 2.19. The van der Waals surface area contributed by atoms with Gasteiger partial charge in [-0.15, -0.1) is 0 Å². The Morgan fingerprint density at radius 1 is 0.875 bits per heavy atom. The van der Waals surface area contributed by atoms with Crippen LogP contribution in [0.2, 0.25) is 0 Å². The molecule has 1 amide bonds. The van der Waals surface area contributed by atoms with Crippen LogP contribution in [0, 0.1) is 0 Å². The van der Waals surface area contributed by atoms with Gasteiger partial charge in [0.2, 0.25) is 5.91 Å². The van der Waals surface area contributed by atoms with Gasteiger partial charge in [-0.2, -0.15) is 0 Å². The van der Waals surface area contributed by atoms with Crippen LogP contribution >= 0.6 is 0 Å². The summed E-state index contributed by atoms with van der Waals surface area (Å²) in [5, 5.41) is 0. The molecular formula is C17H32N2NaO4. The van der Waals surface area contributed by atoms with Crippen molar-refractivity contribution >= 4 is 47.4 Å². The quantitative estimate of drug-likeness (QED) is 0.216. The maximum atomic E-state index is 11.5.